The molecule has 0 atom stereocenters. The highest BCUT2D eigenvalue weighted by Crippen LogP contribution is 2.61. The molecule has 0 N–H and O–H groups in total. The van der Waals surface area contributed by atoms with Crippen molar-refractivity contribution in [3.05, 3.63) is 106 Å². The Kier molecular flexibility index (Phi) is 4.51. The Bertz CT molecular complexity index is 1150. The van der Waals surface area contributed by atoms with Crippen LogP contribution >= 0.6 is 0 Å². The third kappa shape index (κ3) is 2.33. The van der Waals surface area contributed by atoms with Gasteiger partial charge in [0.05, 0.1) is 0 Å². The summed E-state index contributed by atoms with van der Waals surface area (Å²) in [6, 6.07) is 29.8. The van der Waals surface area contributed by atoms with Crippen molar-refractivity contribution in [1.29, 1.82) is 0 Å². The van der Waals surface area contributed by atoms with E-state index in [1.165, 1.54) is 51.5 Å². The van der Waals surface area contributed by atoms with E-state index in [1.54, 1.807) is 0 Å². The van der Waals surface area contributed by atoms with Crippen LogP contribution in [0.1, 0.15) is 54.2 Å². The average molecular weight is 417 g/mol. The highest BCUT2D eigenvalue weighted by Gasteiger charge is 2.57. The van der Waals surface area contributed by atoms with Gasteiger partial charge in [0.2, 0.25) is 0 Å². The fourth-order valence-corrected chi connectivity index (χ4v) is 8.44. The molecule has 0 radical (unpaired) electrons. The lowest BCUT2D eigenvalue weighted by Gasteiger charge is -2.52. The zero-order chi connectivity index (χ0) is 21.7. The van der Waals surface area contributed by atoms with E-state index >= 15 is 0 Å². The summed E-state index contributed by atoms with van der Waals surface area (Å²) in [5.41, 5.74) is 10.4. The standard InChI is InChI=1S/C30H28Si/c1-5-29-23-15-9-12-18-26(23)30(27-19-13-10-16-24(27)29,28-20-14-11-17-25(28)29)21-22-31(6-2,7-3)8-4/h1,9-20H,6-8H2,2-4H3. The Balaban J connectivity index is 1.97. The Hall–Kier alpha value is -3.00. The minimum Gasteiger partial charge on any atom is -0.130 e. The largest absolute Gasteiger partial charge is 0.137 e. The smallest absolute Gasteiger partial charge is 0.130 e. The lowest BCUT2D eigenvalue weighted by atomic mass is 9.47. The molecule has 3 aliphatic rings. The van der Waals surface area contributed by atoms with Gasteiger partial charge in [-0.3, -0.25) is 0 Å². The summed E-state index contributed by atoms with van der Waals surface area (Å²) in [7, 11) is -1.64. The van der Waals surface area contributed by atoms with Crippen LogP contribution in [0.25, 0.3) is 0 Å². The molecule has 0 amide bonds. The summed E-state index contributed by atoms with van der Waals surface area (Å²) in [6.45, 7) is 6.98. The second-order valence-electron chi connectivity index (χ2n) is 8.87. The van der Waals surface area contributed by atoms with E-state index in [-0.39, 0.29) is 0 Å². The second-order valence-corrected chi connectivity index (χ2v) is 13.8. The molecule has 0 aromatic heterocycles. The molecule has 0 fully saturated rings. The molecule has 2 bridgehead atoms. The van der Waals surface area contributed by atoms with Crippen molar-refractivity contribution in [2.45, 2.75) is 49.7 Å². The van der Waals surface area contributed by atoms with Gasteiger partial charge in [-0.25, -0.2) is 0 Å². The van der Waals surface area contributed by atoms with E-state index in [4.69, 9.17) is 6.42 Å². The molecule has 3 aromatic carbocycles. The maximum absolute atomic E-state index is 6.39. The van der Waals surface area contributed by atoms with Gasteiger partial charge >= 0.3 is 0 Å². The average Bonchev–Trinajstić information content (AvgIpc) is 2.85. The Morgan fingerprint density at radius 1 is 0.613 bits per heavy atom. The highest BCUT2D eigenvalue weighted by atomic mass is 28.3. The first kappa shape index (κ1) is 19.9. The third-order valence-corrected chi connectivity index (χ3v) is 12.7. The molecule has 0 aliphatic heterocycles. The van der Waals surface area contributed by atoms with Crippen molar-refractivity contribution in [2.75, 3.05) is 0 Å². The quantitative estimate of drug-likeness (QED) is 0.330. The van der Waals surface area contributed by atoms with Crippen molar-refractivity contribution in [3.8, 4) is 23.8 Å². The molecule has 0 saturated carbocycles. The number of benzene rings is 3. The van der Waals surface area contributed by atoms with Crippen LogP contribution in [0.5, 0.6) is 0 Å². The van der Waals surface area contributed by atoms with Gasteiger partial charge in [-0.2, -0.15) is 0 Å². The van der Waals surface area contributed by atoms with Gasteiger partial charge in [-0.05, 0) is 51.5 Å². The van der Waals surface area contributed by atoms with Crippen molar-refractivity contribution in [3.63, 3.8) is 0 Å². The summed E-state index contributed by atoms with van der Waals surface area (Å²) in [5.74, 6) is 7.23. The van der Waals surface area contributed by atoms with Crippen LogP contribution in [0.2, 0.25) is 18.1 Å². The SMILES string of the molecule is C#CC12c3ccccc3C(C#C[Si](CC)(CC)CC)(c3ccccc31)c1ccccc12. The predicted octanol–water partition coefficient (Wildman–Crippen LogP) is 6.67. The molecule has 6 rings (SSSR count). The number of hydrogen-bond acceptors (Lipinski definition) is 0. The van der Waals surface area contributed by atoms with Crippen molar-refractivity contribution in [2.24, 2.45) is 0 Å². The van der Waals surface area contributed by atoms with E-state index in [0.717, 1.165) is 0 Å². The first-order valence-corrected chi connectivity index (χ1v) is 14.1. The van der Waals surface area contributed by atoms with Crippen molar-refractivity contribution in [1.82, 2.24) is 0 Å². The van der Waals surface area contributed by atoms with Crippen molar-refractivity contribution < 1.29 is 0 Å². The summed E-state index contributed by atoms with van der Waals surface area (Å²) in [4.78, 5) is 0. The van der Waals surface area contributed by atoms with Crippen LogP contribution in [0, 0.1) is 23.8 Å². The second kappa shape index (κ2) is 7.02. The third-order valence-electron chi connectivity index (χ3n) is 7.97. The van der Waals surface area contributed by atoms with Gasteiger partial charge < -0.3 is 0 Å². The maximum atomic E-state index is 6.39. The topological polar surface area (TPSA) is 0 Å². The van der Waals surface area contributed by atoms with Gasteiger partial charge in [0, 0.05) is 0 Å². The molecule has 1 heteroatoms. The van der Waals surface area contributed by atoms with Crippen LogP contribution in [0.3, 0.4) is 0 Å². The number of hydrogen-bond donors (Lipinski definition) is 0. The molecule has 31 heavy (non-hydrogen) atoms. The summed E-state index contributed by atoms with van der Waals surface area (Å²) >= 11 is 0. The lowest BCUT2D eigenvalue weighted by Crippen LogP contribution is -2.50. The Labute approximate surface area is 187 Å². The highest BCUT2D eigenvalue weighted by molar-refractivity contribution is 6.87. The predicted molar refractivity (Wildman–Crippen MR) is 133 cm³/mol. The zero-order valence-electron chi connectivity index (χ0n) is 18.6. The van der Waals surface area contributed by atoms with E-state index in [1.807, 2.05) is 0 Å². The van der Waals surface area contributed by atoms with Gasteiger partial charge in [0.15, 0.2) is 0 Å². The fraction of sp³-hybridized carbons (Fsp3) is 0.267. The van der Waals surface area contributed by atoms with Gasteiger partial charge in [0.25, 0.3) is 0 Å². The monoisotopic (exact) mass is 416 g/mol. The first-order valence-electron chi connectivity index (χ1n) is 11.5. The Morgan fingerprint density at radius 3 is 1.23 bits per heavy atom. The molecule has 0 saturated heterocycles. The zero-order valence-corrected chi connectivity index (χ0v) is 19.6. The van der Waals surface area contributed by atoms with E-state index in [2.05, 4.69) is 111 Å². The first-order chi connectivity index (χ1) is 15.1. The minimum absolute atomic E-state index is 0.458. The lowest BCUT2D eigenvalue weighted by molar-refractivity contribution is 0.606. The molecule has 0 nitrogen and oxygen atoms in total. The van der Waals surface area contributed by atoms with Crippen LogP contribution < -0.4 is 0 Å². The molecule has 0 heterocycles. The molecule has 152 valence electrons. The van der Waals surface area contributed by atoms with Crippen molar-refractivity contribution >= 4 is 8.07 Å². The summed E-state index contributed by atoms with van der Waals surface area (Å²) in [5, 5.41) is 0. The van der Waals surface area contributed by atoms with Gasteiger partial charge in [-0.1, -0.05) is 105 Å². The molecule has 0 unspecified atom stereocenters. The molecular weight excluding hydrogens is 388 g/mol. The van der Waals surface area contributed by atoms with Crippen LogP contribution in [-0.4, -0.2) is 8.07 Å². The minimum atomic E-state index is -1.64. The number of terminal acetylenes is 1. The van der Waals surface area contributed by atoms with E-state index < -0.39 is 18.9 Å². The fourth-order valence-electron chi connectivity index (χ4n) is 5.96. The molecule has 3 aliphatic carbocycles. The van der Waals surface area contributed by atoms with E-state index in [9.17, 15) is 0 Å². The van der Waals surface area contributed by atoms with Crippen LogP contribution in [0.4, 0.5) is 0 Å². The molecule has 3 aromatic rings. The summed E-state index contributed by atoms with van der Waals surface area (Å²) in [6.07, 6.45) is 6.39. The van der Waals surface area contributed by atoms with Crippen LogP contribution in [0.15, 0.2) is 72.8 Å². The number of rotatable bonds is 3. The molecular formula is C30H28Si. The maximum Gasteiger partial charge on any atom is 0.137 e. The normalized spacial score (nSPS) is 22.4. The van der Waals surface area contributed by atoms with Crippen LogP contribution in [-0.2, 0) is 10.8 Å². The van der Waals surface area contributed by atoms with Gasteiger partial charge in [0.1, 0.15) is 18.9 Å². The van der Waals surface area contributed by atoms with E-state index in [0.29, 0.717) is 0 Å². The van der Waals surface area contributed by atoms with Gasteiger partial charge in [-0.15, -0.1) is 12.0 Å². The Morgan fingerprint density at radius 2 is 0.935 bits per heavy atom. The molecule has 0 spiro atoms. The summed E-state index contributed by atoms with van der Waals surface area (Å²) < 4.78 is 0.